The molecule has 0 aliphatic carbocycles. The van der Waals surface area contributed by atoms with Crippen LogP contribution >= 0.6 is 11.8 Å². The molecule has 0 aromatic heterocycles. The number of thioether (sulfide) groups is 1. The highest BCUT2D eigenvalue weighted by molar-refractivity contribution is 7.99. The van der Waals surface area contributed by atoms with Gasteiger partial charge in [-0.2, -0.15) is 0 Å². The Morgan fingerprint density at radius 3 is 2.56 bits per heavy atom. The van der Waals surface area contributed by atoms with E-state index < -0.39 is 0 Å². The molecule has 9 heavy (non-hydrogen) atoms. The minimum absolute atomic E-state index is 0.292. The normalized spacial score (nSPS) is 13.7. The van der Waals surface area contributed by atoms with Crippen LogP contribution < -0.4 is 0 Å². The first kappa shape index (κ1) is 9.27. The summed E-state index contributed by atoms with van der Waals surface area (Å²) in [5, 5.41) is 0. The fourth-order valence-corrected chi connectivity index (χ4v) is 0.598. The first-order valence-corrected chi connectivity index (χ1v) is 4.23. The molecule has 0 spiro atoms. The van der Waals surface area contributed by atoms with Crippen LogP contribution in [0.3, 0.4) is 0 Å². The highest BCUT2D eigenvalue weighted by Crippen LogP contribution is 2.05. The van der Waals surface area contributed by atoms with Gasteiger partial charge in [0, 0.05) is 7.11 Å². The first-order valence-electron chi connectivity index (χ1n) is 2.94. The smallest absolute Gasteiger partial charge is 0.0997 e. The standard InChI is InChI=1S/C6H14O2S/c1-6(9-3)8-5-4-7-2/h6H,4-5H2,1-3H3. The SMILES string of the molecule is COCCOC(C)SC. The molecule has 0 radical (unpaired) electrons. The molecule has 2 nitrogen and oxygen atoms in total. The van der Waals surface area contributed by atoms with E-state index in [4.69, 9.17) is 9.47 Å². The molecule has 0 saturated carbocycles. The van der Waals surface area contributed by atoms with Gasteiger partial charge in [-0.1, -0.05) is 0 Å². The topological polar surface area (TPSA) is 18.5 Å². The van der Waals surface area contributed by atoms with Gasteiger partial charge >= 0.3 is 0 Å². The summed E-state index contributed by atoms with van der Waals surface area (Å²) in [5.41, 5.74) is 0.292. The third-order valence-corrected chi connectivity index (χ3v) is 1.77. The van der Waals surface area contributed by atoms with Gasteiger partial charge in [-0.15, -0.1) is 11.8 Å². The van der Waals surface area contributed by atoms with Crippen LogP contribution in [-0.4, -0.2) is 32.0 Å². The van der Waals surface area contributed by atoms with E-state index >= 15 is 0 Å². The molecule has 0 saturated heterocycles. The molecular weight excluding hydrogens is 136 g/mol. The van der Waals surface area contributed by atoms with Crippen LogP contribution in [0.1, 0.15) is 6.92 Å². The second-order valence-corrected chi connectivity index (χ2v) is 2.80. The summed E-state index contributed by atoms with van der Waals surface area (Å²) in [6.45, 7) is 3.41. The minimum atomic E-state index is 0.292. The van der Waals surface area contributed by atoms with E-state index in [0.29, 0.717) is 18.6 Å². The second kappa shape index (κ2) is 6.39. The Morgan fingerprint density at radius 2 is 2.11 bits per heavy atom. The van der Waals surface area contributed by atoms with Crippen LogP contribution in [0.25, 0.3) is 0 Å². The Morgan fingerprint density at radius 1 is 1.44 bits per heavy atom. The van der Waals surface area contributed by atoms with Gasteiger partial charge in [0.1, 0.15) is 0 Å². The predicted octanol–water partition coefficient (Wildman–Crippen LogP) is 1.36. The fourth-order valence-electron chi connectivity index (χ4n) is 0.365. The third-order valence-electron chi connectivity index (χ3n) is 0.972. The molecule has 0 aromatic carbocycles. The van der Waals surface area contributed by atoms with Crippen molar-refractivity contribution in [3.05, 3.63) is 0 Å². The maximum atomic E-state index is 5.27. The molecule has 0 bridgehead atoms. The van der Waals surface area contributed by atoms with Crippen LogP contribution in [0.4, 0.5) is 0 Å². The number of hydrogen-bond acceptors (Lipinski definition) is 3. The number of hydrogen-bond donors (Lipinski definition) is 0. The van der Waals surface area contributed by atoms with E-state index in [1.54, 1.807) is 18.9 Å². The average Bonchev–Trinajstić information content (AvgIpc) is 1.89. The van der Waals surface area contributed by atoms with Crippen molar-refractivity contribution in [2.75, 3.05) is 26.6 Å². The van der Waals surface area contributed by atoms with Crippen LogP contribution in [0, 0.1) is 0 Å². The summed E-state index contributed by atoms with van der Waals surface area (Å²) in [5.74, 6) is 0. The Balaban J connectivity index is 2.88. The van der Waals surface area contributed by atoms with Crippen molar-refractivity contribution < 1.29 is 9.47 Å². The lowest BCUT2D eigenvalue weighted by molar-refractivity contribution is 0.0641. The van der Waals surface area contributed by atoms with Gasteiger partial charge in [0.2, 0.25) is 0 Å². The molecule has 0 aliphatic rings. The van der Waals surface area contributed by atoms with E-state index in [1.165, 1.54) is 0 Å². The maximum absolute atomic E-state index is 5.27. The molecule has 1 unspecified atom stereocenters. The van der Waals surface area contributed by atoms with E-state index in [0.717, 1.165) is 0 Å². The van der Waals surface area contributed by atoms with Crippen LogP contribution in [0.15, 0.2) is 0 Å². The van der Waals surface area contributed by atoms with Crippen LogP contribution in [0.2, 0.25) is 0 Å². The van der Waals surface area contributed by atoms with Crippen molar-refractivity contribution >= 4 is 11.8 Å². The second-order valence-electron chi connectivity index (χ2n) is 1.67. The molecule has 0 aliphatic heterocycles. The van der Waals surface area contributed by atoms with Gasteiger partial charge in [0.15, 0.2) is 0 Å². The van der Waals surface area contributed by atoms with Gasteiger partial charge in [0.05, 0.1) is 18.6 Å². The molecule has 56 valence electrons. The largest absolute Gasteiger partial charge is 0.382 e. The Labute approximate surface area is 60.9 Å². The van der Waals surface area contributed by atoms with Crippen molar-refractivity contribution in [2.24, 2.45) is 0 Å². The summed E-state index contributed by atoms with van der Waals surface area (Å²) >= 11 is 1.70. The van der Waals surface area contributed by atoms with Gasteiger partial charge < -0.3 is 9.47 Å². The lowest BCUT2D eigenvalue weighted by atomic mass is 10.7. The van der Waals surface area contributed by atoms with Crippen LogP contribution in [0.5, 0.6) is 0 Å². The quantitative estimate of drug-likeness (QED) is 0.435. The zero-order chi connectivity index (χ0) is 7.11. The zero-order valence-corrected chi connectivity index (χ0v) is 7.03. The summed E-state index contributed by atoms with van der Waals surface area (Å²) in [6, 6.07) is 0. The fraction of sp³-hybridized carbons (Fsp3) is 1.00. The highest BCUT2D eigenvalue weighted by atomic mass is 32.2. The molecule has 0 rings (SSSR count). The highest BCUT2D eigenvalue weighted by Gasteiger charge is 1.95. The van der Waals surface area contributed by atoms with Gasteiger partial charge in [0.25, 0.3) is 0 Å². The lowest BCUT2D eigenvalue weighted by Crippen LogP contribution is -2.07. The van der Waals surface area contributed by atoms with Crippen molar-refractivity contribution in [3.8, 4) is 0 Å². The molecule has 0 heterocycles. The molecular formula is C6H14O2S. The number of rotatable bonds is 5. The molecule has 0 fully saturated rings. The molecule has 3 heteroatoms. The number of ether oxygens (including phenoxy) is 2. The van der Waals surface area contributed by atoms with Crippen molar-refractivity contribution in [3.63, 3.8) is 0 Å². The summed E-state index contributed by atoms with van der Waals surface area (Å²) < 4.78 is 10.1. The van der Waals surface area contributed by atoms with Crippen LogP contribution in [-0.2, 0) is 9.47 Å². The Bertz CT molecular complexity index is 59.0. The molecule has 0 N–H and O–H groups in total. The third kappa shape index (κ3) is 6.15. The van der Waals surface area contributed by atoms with Gasteiger partial charge in [-0.3, -0.25) is 0 Å². The monoisotopic (exact) mass is 150 g/mol. The molecule has 1 atom stereocenters. The van der Waals surface area contributed by atoms with Gasteiger partial charge in [-0.25, -0.2) is 0 Å². The lowest BCUT2D eigenvalue weighted by Gasteiger charge is -2.08. The van der Waals surface area contributed by atoms with E-state index in [2.05, 4.69) is 0 Å². The summed E-state index contributed by atoms with van der Waals surface area (Å²) in [6.07, 6.45) is 2.03. The summed E-state index contributed by atoms with van der Waals surface area (Å²) in [7, 11) is 1.67. The van der Waals surface area contributed by atoms with E-state index in [9.17, 15) is 0 Å². The zero-order valence-electron chi connectivity index (χ0n) is 6.22. The maximum Gasteiger partial charge on any atom is 0.0997 e. The van der Waals surface area contributed by atoms with Crippen molar-refractivity contribution in [1.29, 1.82) is 0 Å². The molecule has 0 amide bonds. The van der Waals surface area contributed by atoms with E-state index in [-0.39, 0.29) is 0 Å². The summed E-state index contributed by atoms with van der Waals surface area (Å²) in [4.78, 5) is 0. The molecule has 0 aromatic rings. The first-order chi connectivity index (χ1) is 4.31. The minimum Gasteiger partial charge on any atom is -0.382 e. The van der Waals surface area contributed by atoms with E-state index in [1.807, 2.05) is 13.2 Å². The Kier molecular flexibility index (Phi) is 6.58. The van der Waals surface area contributed by atoms with Crippen molar-refractivity contribution in [2.45, 2.75) is 12.4 Å². The van der Waals surface area contributed by atoms with Gasteiger partial charge in [-0.05, 0) is 13.2 Å². The Hall–Kier alpha value is 0.270. The number of methoxy groups -OCH3 is 1. The predicted molar refractivity (Wildman–Crippen MR) is 40.8 cm³/mol. The van der Waals surface area contributed by atoms with Crippen molar-refractivity contribution in [1.82, 2.24) is 0 Å². The average molecular weight is 150 g/mol.